The average molecular weight is 395 g/mol. The molecule has 0 aliphatic carbocycles. The summed E-state index contributed by atoms with van der Waals surface area (Å²) in [7, 11) is -3.43. The predicted octanol–water partition coefficient (Wildman–Crippen LogP) is 3.34. The molecule has 0 aliphatic rings. The topological polar surface area (TPSA) is 66.5 Å². The van der Waals surface area contributed by atoms with E-state index in [0.29, 0.717) is 37.4 Å². The third-order valence-corrected chi connectivity index (χ3v) is 7.23. The molecule has 0 spiro atoms. The van der Waals surface area contributed by atoms with Crippen molar-refractivity contribution in [2.75, 3.05) is 13.1 Å². The van der Waals surface area contributed by atoms with Crippen molar-refractivity contribution in [1.82, 2.24) is 9.62 Å². The number of hydrogen-bond acceptors (Lipinski definition) is 4. The summed E-state index contributed by atoms with van der Waals surface area (Å²) in [6.45, 7) is 7.14. The fourth-order valence-electron chi connectivity index (χ4n) is 2.65. The van der Waals surface area contributed by atoms with Gasteiger partial charge in [-0.25, -0.2) is 8.42 Å². The van der Waals surface area contributed by atoms with Gasteiger partial charge in [0.25, 0.3) is 0 Å². The first-order valence-electron chi connectivity index (χ1n) is 8.78. The molecule has 2 rings (SSSR count). The summed E-state index contributed by atoms with van der Waals surface area (Å²) >= 11 is 1.68. The lowest BCUT2D eigenvalue weighted by molar-refractivity contribution is -0.121. The first kappa shape index (κ1) is 20.6. The van der Waals surface area contributed by atoms with Gasteiger partial charge in [0.05, 0.1) is 11.4 Å². The molecule has 1 N–H and O–H groups in total. The molecular weight excluding hydrogens is 368 g/mol. The summed E-state index contributed by atoms with van der Waals surface area (Å²) in [6, 6.07) is 10.9. The monoisotopic (exact) mass is 394 g/mol. The molecule has 5 nitrogen and oxygen atoms in total. The van der Waals surface area contributed by atoms with Crippen LogP contribution >= 0.6 is 11.3 Å². The summed E-state index contributed by atoms with van der Waals surface area (Å²) in [6.07, 6.45) is 0.966. The van der Waals surface area contributed by atoms with E-state index in [4.69, 9.17) is 0 Å². The number of benzene rings is 1. The van der Waals surface area contributed by atoms with Gasteiger partial charge < -0.3 is 5.32 Å². The molecule has 0 saturated heterocycles. The van der Waals surface area contributed by atoms with E-state index in [1.165, 1.54) is 9.18 Å². The first-order valence-corrected chi connectivity index (χ1v) is 11.0. The van der Waals surface area contributed by atoms with Crippen LogP contribution in [0.3, 0.4) is 0 Å². The summed E-state index contributed by atoms with van der Waals surface area (Å²) < 4.78 is 26.3. The molecule has 0 aliphatic heterocycles. The van der Waals surface area contributed by atoms with Crippen LogP contribution in [-0.4, -0.2) is 31.7 Å². The fourth-order valence-corrected chi connectivity index (χ4v) is 4.94. The SMILES string of the molecule is CCN(CC)S(=O)(=O)c1ccc(CCC(=O)NCc2ccc(C)s2)cc1. The van der Waals surface area contributed by atoms with Crippen LogP contribution in [-0.2, 0) is 27.8 Å². The zero-order valence-electron chi connectivity index (χ0n) is 15.5. The largest absolute Gasteiger partial charge is 0.351 e. The van der Waals surface area contributed by atoms with Crippen LogP contribution in [0, 0.1) is 6.92 Å². The highest BCUT2D eigenvalue weighted by Gasteiger charge is 2.21. The third kappa shape index (κ3) is 5.40. The number of hydrogen-bond donors (Lipinski definition) is 1. The molecule has 0 atom stereocenters. The van der Waals surface area contributed by atoms with E-state index >= 15 is 0 Å². The molecular formula is C19H26N2O3S2. The number of thiophene rings is 1. The zero-order valence-corrected chi connectivity index (χ0v) is 17.1. The van der Waals surface area contributed by atoms with Crippen molar-refractivity contribution in [1.29, 1.82) is 0 Å². The highest BCUT2D eigenvalue weighted by atomic mass is 32.2. The van der Waals surface area contributed by atoms with Gasteiger partial charge in [0, 0.05) is 29.3 Å². The van der Waals surface area contributed by atoms with E-state index < -0.39 is 10.0 Å². The Morgan fingerprint density at radius 3 is 2.27 bits per heavy atom. The summed E-state index contributed by atoms with van der Waals surface area (Å²) in [5.41, 5.74) is 0.950. The van der Waals surface area contributed by atoms with Crippen molar-refractivity contribution in [3.05, 3.63) is 51.7 Å². The number of aryl methyl sites for hydroxylation is 2. The molecule has 0 bridgehead atoms. The van der Waals surface area contributed by atoms with Crippen LogP contribution in [0.2, 0.25) is 0 Å². The van der Waals surface area contributed by atoms with Gasteiger partial charge in [-0.05, 0) is 43.2 Å². The Morgan fingerprint density at radius 2 is 1.73 bits per heavy atom. The lowest BCUT2D eigenvalue weighted by atomic mass is 10.1. The number of sulfonamides is 1. The quantitative estimate of drug-likeness (QED) is 0.709. The second-order valence-corrected chi connectivity index (χ2v) is 9.33. The van der Waals surface area contributed by atoms with Crippen molar-refractivity contribution in [3.63, 3.8) is 0 Å². The Hall–Kier alpha value is -1.70. The van der Waals surface area contributed by atoms with Crippen molar-refractivity contribution in [3.8, 4) is 0 Å². The molecule has 1 aromatic carbocycles. The molecule has 0 unspecified atom stereocenters. The first-order chi connectivity index (χ1) is 12.4. The number of rotatable bonds is 9. The van der Waals surface area contributed by atoms with Gasteiger partial charge in [-0.2, -0.15) is 4.31 Å². The maximum Gasteiger partial charge on any atom is 0.243 e. The fraction of sp³-hybridized carbons (Fsp3) is 0.421. The molecule has 0 saturated carbocycles. The van der Waals surface area contributed by atoms with Gasteiger partial charge in [-0.3, -0.25) is 4.79 Å². The molecule has 7 heteroatoms. The van der Waals surface area contributed by atoms with Crippen LogP contribution < -0.4 is 5.32 Å². The number of nitrogens with one attached hydrogen (secondary N) is 1. The van der Waals surface area contributed by atoms with E-state index in [9.17, 15) is 13.2 Å². The summed E-state index contributed by atoms with van der Waals surface area (Å²) in [4.78, 5) is 14.6. The van der Waals surface area contributed by atoms with E-state index in [2.05, 4.69) is 5.32 Å². The normalized spacial score (nSPS) is 11.7. The molecule has 1 aromatic heterocycles. The molecule has 0 fully saturated rings. The highest BCUT2D eigenvalue weighted by Crippen LogP contribution is 2.17. The Bertz CT molecular complexity index is 823. The van der Waals surface area contributed by atoms with E-state index in [1.54, 1.807) is 35.6 Å². The van der Waals surface area contributed by atoms with E-state index in [1.807, 2.05) is 32.9 Å². The zero-order chi connectivity index (χ0) is 19.2. The minimum absolute atomic E-state index is 0.00380. The maximum atomic E-state index is 12.5. The molecule has 0 radical (unpaired) electrons. The maximum absolute atomic E-state index is 12.5. The van der Waals surface area contributed by atoms with Gasteiger partial charge in [-0.1, -0.05) is 26.0 Å². The van der Waals surface area contributed by atoms with Crippen LogP contribution in [0.4, 0.5) is 0 Å². The second kappa shape index (κ2) is 9.30. The molecule has 2 aromatic rings. The van der Waals surface area contributed by atoms with Gasteiger partial charge in [0.2, 0.25) is 15.9 Å². The molecule has 1 heterocycles. The summed E-state index contributed by atoms with van der Waals surface area (Å²) in [5, 5.41) is 2.92. The predicted molar refractivity (Wildman–Crippen MR) is 106 cm³/mol. The van der Waals surface area contributed by atoms with Crippen LogP contribution in [0.5, 0.6) is 0 Å². The van der Waals surface area contributed by atoms with Gasteiger partial charge in [0.1, 0.15) is 0 Å². The molecule has 1 amide bonds. The third-order valence-electron chi connectivity index (χ3n) is 4.16. The Kier molecular flexibility index (Phi) is 7.37. The molecule has 26 heavy (non-hydrogen) atoms. The van der Waals surface area contributed by atoms with Gasteiger partial charge in [0.15, 0.2) is 0 Å². The van der Waals surface area contributed by atoms with Crippen LogP contribution in [0.15, 0.2) is 41.3 Å². The summed E-state index contributed by atoms with van der Waals surface area (Å²) in [5.74, 6) is -0.00380. The van der Waals surface area contributed by atoms with Gasteiger partial charge >= 0.3 is 0 Å². The average Bonchev–Trinajstić information content (AvgIpc) is 3.04. The Morgan fingerprint density at radius 1 is 1.08 bits per heavy atom. The minimum atomic E-state index is -3.43. The van der Waals surface area contributed by atoms with E-state index in [0.717, 1.165) is 10.4 Å². The number of nitrogens with zero attached hydrogens (tertiary/aromatic N) is 1. The Balaban J connectivity index is 1.88. The highest BCUT2D eigenvalue weighted by molar-refractivity contribution is 7.89. The molecule has 142 valence electrons. The number of amides is 1. The minimum Gasteiger partial charge on any atom is -0.351 e. The second-order valence-electron chi connectivity index (χ2n) is 6.02. The number of carbonyl (C=O) groups excluding carboxylic acids is 1. The standard InChI is InChI=1S/C19H26N2O3S2/c1-4-21(5-2)26(23,24)18-11-7-16(8-12-18)9-13-19(22)20-14-17-10-6-15(3)25-17/h6-8,10-12H,4-5,9,13-14H2,1-3H3,(H,20,22). The van der Waals surface area contributed by atoms with Gasteiger partial charge in [-0.15, -0.1) is 11.3 Å². The van der Waals surface area contributed by atoms with Crippen molar-refractivity contribution in [2.24, 2.45) is 0 Å². The lowest BCUT2D eigenvalue weighted by Gasteiger charge is -2.18. The van der Waals surface area contributed by atoms with Crippen LogP contribution in [0.1, 0.15) is 35.6 Å². The smallest absolute Gasteiger partial charge is 0.243 e. The van der Waals surface area contributed by atoms with E-state index in [-0.39, 0.29) is 5.91 Å². The van der Waals surface area contributed by atoms with Crippen molar-refractivity contribution < 1.29 is 13.2 Å². The number of carbonyl (C=O) groups is 1. The Labute approximate surface area is 160 Å². The lowest BCUT2D eigenvalue weighted by Crippen LogP contribution is -2.30. The van der Waals surface area contributed by atoms with Crippen molar-refractivity contribution >= 4 is 27.3 Å². The van der Waals surface area contributed by atoms with Crippen LogP contribution in [0.25, 0.3) is 0 Å². The van der Waals surface area contributed by atoms with Crippen molar-refractivity contribution in [2.45, 2.75) is 45.1 Å².